The van der Waals surface area contributed by atoms with Gasteiger partial charge in [0.05, 0.1) is 12.0 Å². The van der Waals surface area contributed by atoms with E-state index in [2.05, 4.69) is 0 Å². The van der Waals surface area contributed by atoms with Crippen LogP contribution in [0.5, 0.6) is 0 Å². The molecule has 0 spiro atoms. The molecule has 5 nitrogen and oxygen atoms in total. The number of carboxylic acids is 1. The van der Waals surface area contributed by atoms with Crippen LogP contribution in [0.2, 0.25) is 0 Å². The first-order chi connectivity index (χ1) is 9.41. The minimum atomic E-state index is -0.842. The van der Waals surface area contributed by atoms with Crippen LogP contribution < -0.4 is 4.90 Å². The van der Waals surface area contributed by atoms with Crippen LogP contribution in [0.1, 0.15) is 24.4 Å². The number of rotatable bonds is 3. The molecule has 1 heterocycles. The number of piperidine rings is 1. The average molecular weight is 276 g/mol. The predicted molar refractivity (Wildman–Crippen MR) is 76.6 cm³/mol. The third-order valence-electron chi connectivity index (χ3n) is 3.93. The monoisotopic (exact) mass is 276 g/mol. The number of hydrogen-bond donors (Lipinski definition) is 1. The van der Waals surface area contributed by atoms with Crippen molar-refractivity contribution in [3.05, 3.63) is 29.8 Å². The Morgan fingerprint density at radius 2 is 1.90 bits per heavy atom. The van der Waals surface area contributed by atoms with Gasteiger partial charge in [0.25, 0.3) is 0 Å². The Balaban J connectivity index is 2.34. The van der Waals surface area contributed by atoms with Crippen LogP contribution in [0, 0.1) is 5.92 Å². The molecule has 1 aromatic carbocycles. The van der Waals surface area contributed by atoms with Crippen molar-refractivity contribution in [1.82, 2.24) is 4.90 Å². The highest BCUT2D eigenvalue weighted by molar-refractivity contribution is 5.81. The van der Waals surface area contributed by atoms with Crippen LogP contribution in [0.4, 0.5) is 5.69 Å². The van der Waals surface area contributed by atoms with E-state index < -0.39 is 11.9 Å². The Labute approximate surface area is 118 Å². The highest BCUT2D eigenvalue weighted by atomic mass is 16.4. The average Bonchev–Trinajstić information content (AvgIpc) is 2.41. The molecule has 0 aliphatic carbocycles. The standard InChI is InChI=1S/C15H20N2O3/c1-16(2)11-6-4-10(5-7-11)14-12(15(19)20)8-9-13(18)17(14)3/h4-7,12,14H,8-9H2,1-3H3,(H,19,20). The number of benzene rings is 1. The van der Waals surface area contributed by atoms with Crippen molar-refractivity contribution in [2.75, 3.05) is 26.0 Å². The molecule has 0 saturated carbocycles. The van der Waals surface area contributed by atoms with E-state index in [0.717, 1.165) is 11.3 Å². The molecule has 20 heavy (non-hydrogen) atoms. The number of carbonyl (C=O) groups excluding carboxylic acids is 1. The van der Waals surface area contributed by atoms with Gasteiger partial charge in [-0.3, -0.25) is 9.59 Å². The van der Waals surface area contributed by atoms with Crippen LogP contribution in [-0.2, 0) is 9.59 Å². The maximum absolute atomic E-state index is 11.8. The molecule has 1 aromatic rings. The highest BCUT2D eigenvalue weighted by Crippen LogP contribution is 2.36. The summed E-state index contributed by atoms with van der Waals surface area (Å²) in [5.41, 5.74) is 1.92. The topological polar surface area (TPSA) is 60.9 Å². The van der Waals surface area contributed by atoms with Gasteiger partial charge in [-0.2, -0.15) is 0 Å². The van der Waals surface area contributed by atoms with Crippen molar-refractivity contribution in [2.45, 2.75) is 18.9 Å². The second-order valence-corrected chi connectivity index (χ2v) is 5.42. The number of carbonyl (C=O) groups is 2. The lowest BCUT2D eigenvalue weighted by Gasteiger charge is -2.37. The van der Waals surface area contributed by atoms with Gasteiger partial charge in [-0.05, 0) is 24.1 Å². The van der Waals surface area contributed by atoms with Crippen LogP contribution in [0.3, 0.4) is 0 Å². The molecule has 2 rings (SSSR count). The van der Waals surface area contributed by atoms with E-state index in [1.54, 1.807) is 11.9 Å². The van der Waals surface area contributed by atoms with Gasteiger partial charge in [-0.25, -0.2) is 0 Å². The molecule has 1 aliphatic rings. The third-order valence-corrected chi connectivity index (χ3v) is 3.93. The maximum Gasteiger partial charge on any atom is 0.308 e. The van der Waals surface area contributed by atoms with Crippen molar-refractivity contribution < 1.29 is 14.7 Å². The number of anilines is 1. The predicted octanol–water partition coefficient (Wildman–Crippen LogP) is 1.75. The molecule has 2 unspecified atom stereocenters. The molecule has 0 aromatic heterocycles. The minimum absolute atomic E-state index is 0.00388. The van der Waals surface area contributed by atoms with Gasteiger partial charge in [0.2, 0.25) is 5.91 Å². The fourth-order valence-electron chi connectivity index (χ4n) is 2.72. The summed E-state index contributed by atoms with van der Waals surface area (Å²) < 4.78 is 0. The number of hydrogen-bond acceptors (Lipinski definition) is 3. The van der Waals surface area contributed by atoms with Gasteiger partial charge < -0.3 is 14.9 Å². The molecule has 1 amide bonds. The van der Waals surface area contributed by atoms with Crippen LogP contribution >= 0.6 is 0 Å². The van der Waals surface area contributed by atoms with Crippen molar-refractivity contribution in [3.63, 3.8) is 0 Å². The van der Waals surface area contributed by atoms with Crippen molar-refractivity contribution in [3.8, 4) is 0 Å². The quantitative estimate of drug-likeness (QED) is 0.913. The number of likely N-dealkylation sites (tertiary alicyclic amines) is 1. The molecule has 0 bridgehead atoms. The van der Waals surface area contributed by atoms with Crippen molar-refractivity contribution in [1.29, 1.82) is 0 Å². The summed E-state index contributed by atoms with van der Waals surface area (Å²) in [5, 5.41) is 9.37. The zero-order valence-electron chi connectivity index (χ0n) is 12.0. The summed E-state index contributed by atoms with van der Waals surface area (Å²) in [6, 6.07) is 7.32. The molecule has 0 radical (unpaired) electrons. The Morgan fingerprint density at radius 3 is 2.40 bits per heavy atom. The maximum atomic E-state index is 11.8. The highest BCUT2D eigenvalue weighted by Gasteiger charge is 2.38. The van der Waals surface area contributed by atoms with Crippen LogP contribution in [0.25, 0.3) is 0 Å². The van der Waals surface area contributed by atoms with Crippen molar-refractivity contribution >= 4 is 17.6 Å². The van der Waals surface area contributed by atoms with E-state index in [9.17, 15) is 14.7 Å². The van der Waals surface area contributed by atoms with E-state index in [1.807, 2.05) is 43.3 Å². The first kappa shape index (κ1) is 14.4. The second-order valence-electron chi connectivity index (χ2n) is 5.42. The van der Waals surface area contributed by atoms with Crippen LogP contribution in [-0.4, -0.2) is 43.0 Å². The molecule has 2 atom stereocenters. The van der Waals surface area contributed by atoms with E-state index in [-0.39, 0.29) is 11.9 Å². The summed E-state index contributed by atoms with van der Waals surface area (Å²) in [6.45, 7) is 0. The smallest absolute Gasteiger partial charge is 0.308 e. The molecule has 1 fully saturated rings. The Morgan fingerprint density at radius 1 is 1.30 bits per heavy atom. The second kappa shape index (κ2) is 5.53. The van der Waals surface area contributed by atoms with E-state index in [1.165, 1.54) is 0 Å². The minimum Gasteiger partial charge on any atom is -0.481 e. The first-order valence-electron chi connectivity index (χ1n) is 6.67. The summed E-state index contributed by atoms with van der Waals surface area (Å²) >= 11 is 0. The van der Waals surface area contributed by atoms with Crippen LogP contribution in [0.15, 0.2) is 24.3 Å². The van der Waals surface area contributed by atoms with Gasteiger partial charge >= 0.3 is 5.97 Å². The molecular weight excluding hydrogens is 256 g/mol. The normalized spacial score (nSPS) is 22.8. The molecule has 1 saturated heterocycles. The molecule has 108 valence electrons. The third kappa shape index (κ3) is 2.61. The number of amides is 1. The SMILES string of the molecule is CN(C)c1ccc(C2C(C(=O)O)CCC(=O)N2C)cc1. The van der Waals surface area contributed by atoms with Gasteiger partial charge in [0.1, 0.15) is 0 Å². The largest absolute Gasteiger partial charge is 0.481 e. The lowest BCUT2D eigenvalue weighted by atomic mass is 9.84. The summed E-state index contributed by atoms with van der Waals surface area (Å²) in [4.78, 5) is 26.8. The molecule has 1 N–H and O–H groups in total. The Kier molecular flexibility index (Phi) is 3.97. The van der Waals surface area contributed by atoms with Gasteiger partial charge in [0.15, 0.2) is 0 Å². The van der Waals surface area contributed by atoms with E-state index in [4.69, 9.17) is 0 Å². The summed E-state index contributed by atoms with van der Waals surface area (Å²) in [6.07, 6.45) is 0.707. The van der Waals surface area contributed by atoms with Gasteiger partial charge in [-0.1, -0.05) is 12.1 Å². The summed E-state index contributed by atoms with van der Waals surface area (Å²) in [7, 11) is 5.58. The van der Waals surface area contributed by atoms with Gasteiger partial charge in [0, 0.05) is 33.3 Å². The number of nitrogens with zero attached hydrogens (tertiary/aromatic N) is 2. The van der Waals surface area contributed by atoms with E-state index >= 15 is 0 Å². The lowest BCUT2D eigenvalue weighted by molar-refractivity contribution is -0.150. The van der Waals surface area contributed by atoms with E-state index in [0.29, 0.717) is 12.8 Å². The number of carboxylic acid groups (broad SMARTS) is 1. The van der Waals surface area contributed by atoms with Gasteiger partial charge in [-0.15, -0.1) is 0 Å². The fraction of sp³-hybridized carbons (Fsp3) is 0.467. The molecule has 5 heteroatoms. The summed E-state index contributed by atoms with van der Waals surface area (Å²) in [5.74, 6) is -1.38. The lowest BCUT2D eigenvalue weighted by Crippen LogP contribution is -2.42. The Hall–Kier alpha value is -2.04. The zero-order valence-corrected chi connectivity index (χ0v) is 12.0. The zero-order chi connectivity index (χ0) is 14.9. The number of aliphatic carboxylic acids is 1. The first-order valence-corrected chi connectivity index (χ1v) is 6.67. The van der Waals surface area contributed by atoms with Crippen molar-refractivity contribution in [2.24, 2.45) is 5.92 Å². The molecular formula is C15H20N2O3. The Bertz CT molecular complexity index is 510. The molecule has 1 aliphatic heterocycles. The fourth-order valence-corrected chi connectivity index (χ4v) is 2.72.